The van der Waals surface area contributed by atoms with Gasteiger partial charge in [-0.25, -0.2) is 5.43 Å². The average molecular weight is 392 g/mol. The zero-order valence-electron chi connectivity index (χ0n) is 15.5. The molecule has 0 spiro atoms. The van der Waals surface area contributed by atoms with Crippen molar-refractivity contribution in [2.24, 2.45) is 5.10 Å². The molecule has 0 saturated heterocycles. The van der Waals surface area contributed by atoms with E-state index in [1.807, 2.05) is 78.2 Å². The van der Waals surface area contributed by atoms with Gasteiger partial charge >= 0.3 is 0 Å². The summed E-state index contributed by atoms with van der Waals surface area (Å²) in [7, 11) is 0. The minimum atomic E-state index is -0.193. The molecule has 0 saturated carbocycles. The molecule has 0 bridgehead atoms. The van der Waals surface area contributed by atoms with Gasteiger partial charge in [0.25, 0.3) is 5.91 Å². The van der Waals surface area contributed by atoms with Crippen molar-refractivity contribution >= 4 is 30.0 Å². The minimum Gasteiger partial charge on any atom is -0.302 e. The van der Waals surface area contributed by atoms with E-state index in [0.29, 0.717) is 5.16 Å². The molecule has 1 amide bonds. The lowest BCUT2D eigenvalue weighted by molar-refractivity contribution is -0.118. The number of nitrogens with one attached hydrogen (secondary N) is 1. The summed E-state index contributed by atoms with van der Waals surface area (Å²) in [4.78, 5) is 12.0. The van der Waals surface area contributed by atoms with Gasteiger partial charge in [-0.1, -0.05) is 78.5 Å². The number of amides is 1. The normalized spacial score (nSPS) is 11.3. The molecule has 3 aromatic rings. The third-order valence-electron chi connectivity index (χ3n) is 3.84. The molecule has 1 N–H and O–H groups in total. The highest BCUT2D eigenvalue weighted by Crippen LogP contribution is 2.23. The quantitative estimate of drug-likeness (QED) is 0.359. The summed E-state index contributed by atoms with van der Waals surface area (Å²) >= 11 is 1.34. The monoisotopic (exact) mass is 391 g/mol. The Morgan fingerprint density at radius 2 is 1.82 bits per heavy atom. The van der Waals surface area contributed by atoms with E-state index >= 15 is 0 Å². The molecule has 142 valence electrons. The molecule has 0 aliphatic heterocycles. The van der Waals surface area contributed by atoms with Crippen molar-refractivity contribution in [2.45, 2.75) is 18.6 Å². The second-order valence-electron chi connectivity index (χ2n) is 5.79. The molecule has 7 heteroatoms. The Labute approximate surface area is 168 Å². The predicted octanol–water partition coefficient (Wildman–Crippen LogP) is 3.87. The van der Waals surface area contributed by atoms with Crippen molar-refractivity contribution in [2.75, 3.05) is 5.75 Å². The van der Waals surface area contributed by atoms with E-state index in [4.69, 9.17) is 0 Å². The van der Waals surface area contributed by atoms with Crippen LogP contribution in [0.1, 0.15) is 12.5 Å². The summed E-state index contributed by atoms with van der Waals surface area (Å²) in [5, 5.41) is 13.1. The molecule has 3 rings (SSSR count). The fourth-order valence-corrected chi connectivity index (χ4v) is 3.31. The molecule has 0 aliphatic rings. The molecule has 1 heterocycles. The molecule has 1 aromatic heterocycles. The number of aromatic nitrogens is 3. The van der Waals surface area contributed by atoms with E-state index in [2.05, 4.69) is 20.7 Å². The van der Waals surface area contributed by atoms with Gasteiger partial charge in [0.1, 0.15) is 0 Å². The van der Waals surface area contributed by atoms with Gasteiger partial charge in [-0.3, -0.25) is 4.79 Å². The fraction of sp³-hybridized carbons (Fsp3) is 0.143. The SMILES string of the molecule is CCn1c(SCC(=O)N/N=C\C=C\c2ccccc2)nnc1-c1ccccc1. The zero-order chi connectivity index (χ0) is 19.6. The van der Waals surface area contributed by atoms with Crippen molar-refractivity contribution in [1.29, 1.82) is 0 Å². The molecular weight excluding hydrogens is 370 g/mol. The van der Waals surface area contributed by atoms with E-state index < -0.39 is 0 Å². The van der Waals surface area contributed by atoms with E-state index in [0.717, 1.165) is 23.5 Å². The van der Waals surface area contributed by atoms with Crippen molar-refractivity contribution in [1.82, 2.24) is 20.2 Å². The number of benzene rings is 2. The minimum absolute atomic E-state index is 0.193. The standard InChI is InChI=1S/C21H21N5OS/c1-2-26-20(18-13-7-4-8-14-18)24-25-21(26)28-16-19(27)23-22-15-9-12-17-10-5-3-6-11-17/h3-15H,2,16H2,1H3,(H,23,27)/b12-9+,22-15-. The summed E-state index contributed by atoms with van der Waals surface area (Å²) in [5.41, 5.74) is 4.59. The lowest BCUT2D eigenvalue weighted by atomic mass is 10.2. The van der Waals surface area contributed by atoms with Crippen molar-refractivity contribution < 1.29 is 4.79 Å². The summed E-state index contributed by atoms with van der Waals surface area (Å²) < 4.78 is 2.00. The van der Waals surface area contributed by atoms with Crippen LogP contribution in [0.15, 0.2) is 77.0 Å². The summed E-state index contributed by atoms with van der Waals surface area (Å²) in [6, 6.07) is 19.8. The average Bonchev–Trinajstić information content (AvgIpc) is 3.16. The lowest BCUT2D eigenvalue weighted by Gasteiger charge is -2.06. The Morgan fingerprint density at radius 3 is 2.54 bits per heavy atom. The number of carbonyl (C=O) groups is 1. The largest absolute Gasteiger partial charge is 0.302 e. The van der Waals surface area contributed by atoms with E-state index in [-0.39, 0.29) is 11.7 Å². The number of allylic oxidation sites excluding steroid dienone is 1. The number of hydrogen-bond acceptors (Lipinski definition) is 5. The molecule has 0 aliphatic carbocycles. The predicted molar refractivity (Wildman–Crippen MR) is 114 cm³/mol. The highest BCUT2D eigenvalue weighted by molar-refractivity contribution is 7.99. The van der Waals surface area contributed by atoms with E-state index in [1.165, 1.54) is 11.8 Å². The van der Waals surface area contributed by atoms with Gasteiger partial charge in [0.05, 0.1) is 5.75 Å². The van der Waals surface area contributed by atoms with Gasteiger partial charge in [-0.05, 0) is 18.6 Å². The highest BCUT2D eigenvalue weighted by atomic mass is 32.2. The van der Waals surface area contributed by atoms with Crippen molar-refractivity contribution in [3.8, 4) is 11.4 Å². The smallest absolute Gasteiger partial charge is 0.250 e. The van der Waals surface area contributed by atoms with Crippen molar-refractivity contribution in [3.05, 3.63) is 72.3 Å². The van der Waals surface area contributed by atoms with Gasteiger partial charge in [-0.15, -0.1) is 10.2 Å². The van der Waals surface area contributed by atoms with Gasteiger partial charge in [0.15, 0.2) is 11.0 Å². The molecule has 0 atom stereocenters. The van der Waals surface area contributed by atoms with Crippen LogP contribution in [-0.2, 0) is 11.3 Å². The maximum Gasteiger partial charge on any atom is 0.250 e. The fourth-order valence-electron chi connectivity index (χ4n) is 2.51. The van der Waals surface area contributed by atoms with Crippen molar-refractivity contribution in [3.63, 3.8) is 0 Å². The molecule has 6 nitrogen and oxygen atoms in total. The maximum atomic E-state index is 12.0. The van der Waals surface area contributed by atoms with Gasteiger partial charge < -0.3 is 4.57 Å². The second kappa shape index (κ2) is 10.2. The Morgan fingerprint density at radius 1 is 1.11 bits per heavy atom. The molecule has 0 unspecified atom stereocenters. The number of carbonyl (C=O) groups excluding carboxylic acids is 1. The first kappa shape index (κ1) is 19.6. The van der Waals surface area contributed by atoms with Crippen LogP contribution in [-0.4, -0.2) is 32.6 Å². The summed E-state index contributed by atoms with van der Waals surface area (Å²) in [5.74, 6) is 0.823. The first-order valence-electron chi connectivity index (χ1n) is 8.93. The molecule has 0 radical (unpaired) electrons. The van der Waals surface area contributed by atoms with E-state index in [9.17, 15) is 4.79 Å². The number of hydrogen-bond donors (Lipinski definition) is 1. The number of hydrazone groups is 1. The second-order valence-corrected chi connectivity index (χ2v) is 6.73. The van der Waals surface area contributed by atoms with Crippen LogP contribution in [0.2, 0.25) is 0 Å². The van der Waals surface area contributed by atoms with Crippen LogP contribution in [0.25, 0.3) is 17.5 Å². The summed E-state index contributed by atoms with van der Waals surface area (Å²) in [6.45, 7) is 2.76. The van der Waals surface area contributed by atoms with E-state index in [1.54, 1.807) is 12.3 Å². The van der Waals surface area contributed by atoms with Crippen LogP contribution >= 0.6 is 11.8 Å². The third-order valence-corrected chi connectivity index (χ3v) is 4.80. The highest BCUT2D eigenvalue weighted by Gasteiger charge is 2.14. The Bertz CT molecular complexity index is 951. The molecule has 0 fully saturated rings. The zero-order valence-corrected chi connectivity index (χ0v) is 16.3. The Balaban J connectivity index is 1.51. The molecular formula is C21H21N5OS. The number of nitrogens with zero attached hydrogens (tertiary/aromatic N) is 4. The maximum absolute atomic E-state index is 12.0. The molecule has 2 aromatic carbocycles. The lowest BCUT2D eigenvalue weighted by Crippen LogP contribution is -2.19. The summed E-state index contributed by atoms with van der Waals surface area (Å²) in [6.07, 6.45) is 5.25. The topological polar surface area (TPSA) is 72.2 Å². The van der Waals surface area contributed by atoms with Crippen LogP contribution < -0.4 is 5.43 Å². The number of thioether (sulfide) groups is 1. The first-order chi connectivity index (χ1) is 13.8. The van der Waals surface area contributed by atoms with Crippen LogP contribution in [0.4, 0.5) is 0 Å². The Kier molecular flexibility index (Phi) is 7.14. The van der Waals surface area contributed by atoms with Crippen LogP contribution in [0.3, 0.4) is 0 Å². The molecule has 28 heavy (non-hydrogen) atoms. The van der Waals surface area contributed by atoms with Gasteiger partial charge in [-0.2, -0.15) is 5.10 Å². The Hall–Kier alpha value is -3.19. The van der Waals surface area contributed by atoms with Gasteiger partial charge in [0.2, 0.25) is 0 Å². The first-order valence-corrected chi connectivity index (χ1v) is 9.91. The number of rotatable bonds is 8. The van der Waals surface area contributed by atoms with Crippen LogP contribution in [0.5, 0.6) is 0 Å². The van der Waals surface area contributed by atoms with Crippen LogP contribution in [0, 0.1) is 0 Å². The third kappa shape index (κ3) is 5.40. The van der Waals surface area contributed by atoms with Gasteiger partial charge in [0, 0.05) is 18.3 Å².